The van der Waals surface area contributed by atoms with Crippen LogP contribution in [0.2, 0.25) is 0 Å². The zero-order valence-corrected chi connectivity index (χ0v) is 12.3. The fourth-order valence-electron chi connectivity index (χ4n) is 1.94. The Morgan fingerprint density at radius 3 is 2.65 bits per heavy atom. The third-order valence-corrected chi connectivity index (χ3v) is 4.61. The minimum absolute atomic E-state index is 0.391. The summed E-state index contributed by atoms with van der Waals surface area (Å²) in [6, 6.07) is 2.67. The molecule has 1 unspecified atom stereocenters. The van der Waals surface area contributed by atoms with Crippen LogP contribution in [0, 0.1) is 20.8 Å². The molecule has 0 radical (unpaired) electrons. The van der Waals surface area contributed by atoms with E-state index in [1.807, 2.05) is 18.3 Å². The molecule has 2 aromatic heterocycles. The minimum Gasteiger partial charge on any atom is -0.304 e. The molecule has 0 aliphatic rings. The number of hydrogen-bond acceptors (Lipinski definition) is 4. The third-order valence-electron chi connectivity index (χ3n) is 2.80. The number of aryl methyl sites for hydroxylation is 3. The largest absolute Gasteiger partial charge is 0.304 e. The normalized spacial score (nSPS) is 12.9. The molecule has 0 spiro atoms. The van der Waals surface area contributed by atoms with E-state index in [0.717, 1.165) is 17.2 Å². The Hall–Kier alpha value is -0.710. The van der Waals surface area contributed by atoms with Crippen molar-refractivity contribution in [1.29, 1.82) is 0 Å². The summed E-state index contributed by atoms with van der Waals surface area (Å²) in [5.41, 5.74) is 2.56. The highest BCUT2D eigenvalue weighted by Gasteiger charge is 2.11. The van der Waals surface area contributed by atoms with Gasteiger partial charge in [-0.25, -0.2) is 4.98 Å². The smallest absolute Gasteiger partial charge is 0.0897 e. The van der Waals surface area contributed by atoms with Gasteiger partial charge in [0.2, 0.25) is 0 Å². The molecule has 92 valence electrons. The number of nitrogens with one attached hydrogen (secondary N) is 1. The van der Waals surface area contributed by atoms with Gasteiger partial charge in [0, 0.05) is 27.7 Å². The Morgan fingerprint density at radius 1 is 1.35 bits per heavy atom. The Kier molecular flexibility index (Phi) is 3.97. The van der Waals surface area contributed by atoms with E-state index in [9.17, 15) is 0 Å². The van der Waals surface area contributed by atoms with Crippen molar-refractivity contribution in [3.8, 4) is 0 Å². The van der Waals surface area contributed by atoms with Gasteiger partial charge in [-0.2, -0.15) is 0 Å². The van der Waals surface area contributed by atoms with Crippen molar-refractivity contribution >= 4 is 22.7 Å². The molecule has 4 heteroatoms. The predicted octanol–water partition coefficient (Wildman–Crippen LogP) is 3.98. The Labute approximate surface area is 111 Å². The Balaban J connectivity index is 1.97. The summed E-state index contributed by atoms with van der Waals surface area (Å²) in [6.45, 7) is 9.47. The van der Waals surface area contributed by atoms with Crippen LogP contribution in [-0.4, -0.2) is 4.98 Å². The fraction of sp³-hybridized carbons (Fsp3) is 0.462. The number of rotatable bonds is 4. The van der Waals surface area contributed by atoms with Crippen molar-refractivity contribution < 1.29 is 0 Å². The molecular weight excluding hydrogens is 248 g/mol. The second kappa shape index (κ2) is 5.29. The SMILES string of the molecule is Cc1cc(C(C)NCc2csc(C)n2)c(C)s1. The maximum absolute atomic E-state index is 4.46. The van der Waals surface area contributed by atoms with E-state index in [2.05, 4.69) is 42.5 Å². The van der Waals surface area contributed by atoms with Crippen LogP contribution in [0.15, 0.2) is 11.4 Å². The summed E-state index contributed by atoms with van der Waals surface area (Å²) in [7, 11) is 0. The average Bonchev–Trinajstić information content (AvgIpc) is 2.81. The van der Waals surface area contributed by atoms with E-state index < -0.39 is 0 Å². The van der Waals surface area contributed by atoms with Gasteiger partial charge in [-0.05, 0) is 39.3 Å². The average molecular weight is 266 g/mol. The monoisotopic (exact) mass is 266 g/mol. The van der Waals surface area contributed by atoms with Gasteiger partial charge in [-0.1, -0.05) is 0 Å². The second-order valence-electron chi connectivity index (χ2n) is 4.33. The van der Waals surface area contributed by atoms with Crippen molar-refractivity contribution in [2.45, 2.75) is 40.3 Å². The van der Waals surface area contributed by atoms with Gasteiger partial charge in [-0.3, -0.25) is 0 Å². The first kappa shape index (κ1) is 12.7. The second-order valence-corrected chi connectivity index (χ2v) is 6.85. The third kappa shape index (κ3) is 3.15. The summed E-state index contributed by atoms with van der Waals surface area (Å²) in [4.78, 5) is 7.26. The van der Waals surface area contributed by atoms with Crippen molar-refractivity contribution in [3.63, 3.8) is 0 Å². The highest BCUT2D eigenvalue weighted by molar-refractivity contribution is 7.12. The molecule has 0 aliphatic carbocycles. The molecule has 0 aromatic carbocycles. The van der Waals surface area contributed by atoms with Crippen molar-refractivity contribution in [2.75, 3.05) is 0 Å². The van der Waals surface area contributed by atoms with Gasteiger partial charge in [0.15, 0.2) is 0 Å². The number of aromatic nitrogens is 1. The minimum atomic E-state index is 0.391. The quantitative estimate of drug-likeness (QED) is 0.905. The Bertz CT molecular complexity index is 499. The van der Waals surface area contributed by atoms with Crippen LogP contribution in [-0.2, 0) is 6.54 Å². The fourth-order valence-corrected chi connectivity index (χ4v) is 3.57. The molecule has 0 saturated carbocycles. The zero-order valence-electron chi connectivity index (χ0n) is 10.7. The van der Waals surface area contributed by atoms with Crippen molar-refractivity contribution in [2.24, 2.45) is 0 Å². The lowest BCUT2D eigenvalue weighted by Crippen LogP contribution is -2.18. The maximum atomic E-state index is 4.46. The molecular formula is C13H18N2S2. The van der Waals surface area contributed by atoms with Crippen LogP contribution in [0.1, 0.15) is 39.0 Å². The number of hydrogen-bond donors (Lipinski definition) is 1. The molecule has 0 saturated heterocycles. The first-order chi connectivity index (χ1) is 8.06. The number of thiophene rings is 1. The molecule has 2 aromatic rings. The van der Waals surface area contributed by atoms with Gasteiger partial charge < -0.3 is 5.32 Å². The Morgan fingerprint density at radius 2 is 2.12 bits per heavy atom. The molecule has 2 rings (SSSR count). The van der Waals surface area contributed by atoms with Crippen molar-refractivity contribution in [3.05, 3.63) is 37.5 Å². The molecule has 2 heterocycles. The molecule has 0 amide bonds. The van der Waals surface area contributed by atoms with E-state index in [4.69, 9.17) is 0 Å². The summed E-state index contributed by atoms with van der Waals surface area (Å²) in [6.07, 6.45) is 0. The van der Waals surface area contributed by atoms with Crippen LogP contribution in [0.5, 0.6) is 0 Å². The van der Waals surface area contributed by atoms with E-state index in [-0.39, 0.29) is 0 Å². The molecule has 0 fully saturated rings. The molecule has 17 heavy (non-hydrogen) atoms. The molecule has 0 bridgehead atoms. The van der Waals surface area contributed by atoms with Gasteiger partial charge >= 0.3 is 0 Å². The van der Waals surface area contributed by atoms with E-state index in [1.165, 1.54) is 15.3 Å². The van der Waals surface area contributed by atoms with Gasteiger partial charge in [0.25, 0.3) is 0 Å². The van der Waals surface area contributed by atoms with Gasteiger partial charge in [-0.15, -0.1) is 22.7 Å². The molecule has 0 aliphatic heterocycles. The van der Waals surface area contributed by atoms with Crippen molar-refractivity contribution in [1.82, 2.24) is 10.3 Å². The topological polar surface area (TPSA) is 24.9 Å². The lowest BCUT2D eigenvalue weighted by molar-refractivity contribution is 0.568. The lowest BCUT2D eigenvalue weighted by atomic mass is 10.1. The molecule has 1 N–H and O–H groups in total. The van der Waals surface area contributed by atoms with Gasteiger partial charge in [0.1, 0.15) is 0 Å². The lowest BCUT2D eigenvalue weighted by Gasteiger charge is -2.12. The number of nitrogens with zero attached hydrogens (tertiary/aromatic N) is 1. The predicted molar refractivity (Wildman–Crippen MR) is 75.9 cm³/mol. The van der Waals surface area contributed by atoms with Crippen LogP contribution >= 0.6 is 22.7 Å². The van der Waals surface area contributed by atoms with E-state index in [0.29, 0.717) is 6.04 Å². The first-order valence-corrected chi connectivity index (χ1v) is 7.47. The summed E-state index contributed by atoms with van der Waals surface area (Å²) < 4.78 is 0. The van der Waals surface area contributed by atoms with E-state index >= 15 is 0 Å². The molecule has 2 nitrogen and oxygen atoms in total. The van der Waals surface area contributed by atoms with Crippen LogP contribution in [0.4, 0.5) is 0 Å². The van der Waals surface area contributed by atoms with Crippen LogP contribution < -0.4 is 5.32 Å². The summed E-state index contributed by atoms with van der Waals surface area (Å²) in [5, 5.41) is 6.80. The summed E-state index contributed by atoms with van der Waals surface area (Å²) >= 11 is 3.58. The van der Waals surface area contributed by atoms with Crippen LogP contribution in [0.3, 0.4) is 0 Å². The van der Waals surface area contributed by atoms with E-state index in [1.54, 1.807) is 11.3 Å². The standard InChI is InChI=1S/C13H18N2S2/c1-8-5-13(10(3)17-8)9(2)14-6-12-7-16-11(4)15-12/h5,7,9,14H,6H2,1-4H3. The number of thiazole rings is 1. The van der Waals surface area contributed by atoms with Gasteiger partial charge in [0.05, 0.1) is 10.7 Å². The molecule has 1 atom stereocenters. The maximum Gasteiger partial charge on any atom is 0.0897 e. The van der Waals surface area contributed by atoms with Crippen LogP contribution in [0.25, 0.3) is 0 Å². The first-order valence-electron chi connectivity index (χ1n) is 5.77. The zero-order chi connectivity index (χ0) is 12.4. The highest BCUT2D eigenvalue weighted by atomic mass is 32.1. The highest BCUT2D eigenvalue weighted by Crippen LogP contribution is 2.26. The summed E-state index contributed by atoms with van der Waals surface area (Å²) in [5.74, 6) is 0.